The summed E-state index contributed by atoms with van der Waals surface area (Å²) in [6.45, 7) is 0. The minimum atomic E-state index is -0.399. The molecule has 4 nitrogen and oxygen atoms in total. The van der Waals surface area contributed by atoms with Crippen molar-refractivity contribution in [1.82, 2.24) is 20.2 Å². The molecule has 1 aliphatic rings. The first-order valence-corrected chi connectivity index (χ1v) is 8.47. The van der Waals surface area contributed by atoms with Crippen LogP contribution in [-0.4, -0.2) is 20.2 Å². The predicted octanol–water partition coefficient (Wildman–Crippen LogP) is 4.40. The summed E-state index contributed by atoms with van der Waals surface area (Å²) in [5.74, 6) is -0.275. The Morgan fingerprint density at radius 2 is 1.80 bits per heavy atom. The van der Waals surface area contributed by atoms with Crippen LogP contribution >= 0.6 is 11.6 Å². The Kier molecular flexibility index (Phi) is 4.17. The first-order valence-electron chi connectivity index (χ1n) is 8.09. The molecule has 125 valence electrons. The van der Waals surface area contributed by atoms with E-state index >= 15 is 0 Å². The van der Waals surface area contributed by atoms with Gasteiger partial charge in [0.15, 0.2) is 0 Å². The van der Waals surface area contributed by atoms with Crippen LogP contribution in [0.1, 0.15) is 30.7 Å². The molecular formula is C19H15ClFN4. The van der Waals surface area contributed by atoms with E-state index < -0.39 is 5.41 Å². The molecule has 3 aromatic heterocycles. The molecule has 6 heteroatoms. The molecule has 0 aromatic carbocycles. The molecule has 0 spiro atoms. The molecule has 1 aliphatic carbocycles. The van der Waals surface area contributed by atoms with Crippen molar-refractivity contribution in [2.75, 3.05) is 0 Å². The van der Waals surface area contributed by atoms with E-state index in [9.17, 15) is 4.39 Å². The summed E-state index contributed by atoms with van der Waals surface area (Å²) in [6.07, 6.45) is 8.02. The number of hydrogen-bond acceptors (Lipinski definition) is 4. The standard InChI is InChI=1S/C19H15ClFN4/c20-14-4-1-10-22-17(14)16-7-6-13(24-25-16)12-19(8-3-9-19)18-15(21)5-2-11-23-18/h1-2,4-7,10-12H,3,8-9H2. The fourth-order valence-corrected chi connectivity index (χ4v) is 3.38. The molecule has 0 saturated heterocycles. The summed E-state index contributed by atoms with van der Waals surface area (Å²) in [5, 5.41) is 9.02. The lowest BCUT2D eigenvalue weighted by molar-refractivity contribution is 0.274. The van der Waals surface area contributed by atoms with Gasteiger partial charge in [-0.3, -0.25) is 9.97 Å². The van der Waals surface area contributed by atoms with Crippen molar-refractivity contribution in [1.29, 1.82) is 0 Å². The molecule has 0 N–H and O–H groups in total. The maximum absolute atomic E-state index is 14.2. The van der Waals surface area contributed by atoms with Crippen LogP contribution in [0, 0.1) is 12.2 Å². The largest absolute Gasteiger partial charge is 0.258 e. The Labute approximate surface area is 150 Å². The molecule has 4 rings (SSSR count). The molecule has 1 radical (unpaired) electrons. The normalized spacial score (nSPS) is 15.6. The highest BCUT2D eigenvalue weighted by Crippen LogP contribution is 2.47. The van der Waals surface area contributed by atoms with Crippen molar-refractivity contribution in [2.45, 2.75) is 24.7 Å². The van der Waals surface area contributed by atoms with E-state index in [1.807, 2.05) is 18.6 Å². The summed E-state index contributed by atoms with van der Waals surface area (Å²) < 4.78 is 14.2. The van der Waals surface area contributed by atoms with Gasteiger partial charge in [0.25, 0.3) is 0 Å². The lowest BCUT2D eigenvalue weighted by Crippen LogP contribution is -2.37. The highest BCUT2D eigenvalue weighted by atomic mass is 35.5. The van der Waals surface area contributed by atoms with E-state index in [-0.39, 0.29) is 5.82 Å². The second-order valence-electron chi connectivity index (χ2n) is 6.17. The molecule has 1 saturated carbocycles. The highest BCUT2D eigenvalue weighted by molar-refractivity contribution is 6.32. The van der Waals surface area contributed by atoms with E-state index in [1.54, 1.807) is 30.6 Å². The SMILES string of the molecule is Fc1cccnc1C1([CH]c2ccc(-c3ncccc3Cl)nn2)CCC1. The van der Waals surface area contributed by atoms with Gasteiger partial charge in [-0.1, -0.05) is 18.0 Å². The van der Waals surface area contributed by atoms with Crippen molar-refractivity contribution in [2.24, 2.45) is 0 Å². The minimum absolute atomic E-state index is 0.275. The Hall–Kier alpha value is -2.40. The van der Waals surface area contributed by atoms with Crippen LogP contribution in [0.25, 0.3) is 11.4 Å². The lowest BCUT2D eigenvalue weighted by atomic mass is 9.63. The van der Waals surface area contributed by atoms with Gasteiger partial charge in [-0.2, -0.15) is 5.10 Å². The summed E-state index contributed by atoms with van der Waals surface area (Å²) in [6, 6.07) is 10.3. The molecule has 0 atom stereocenters. The molecule has 0 aliphatic heterocycles. The van der Waals surface area contributed by atoms with Gasteiger partial charge in [0, 0.05) is 24.2 Å². The first-order chi connectivity index (χ1) is 12.2. The van der Waals surface area contributed by atoms with Crippen LogP contribution in [0.5, 0.6) is 0 Å². The molecule has 0 bridgehead atoms. The van der Waals surface area contributed by atoms with Crippen molar-refractivity contribution in [3.05, 3.63) is 77.4 Å². The second-order valence-corrected chi connectivity index (χ2v) is 6.57. The molecule has 1 fully saturated rings. The van der Waals surface area contributed by atoms with E-state index in [2.05, 4.69) is 20.2 Å². The van der Waals surface area contributed by atoms with Crippen LogP contribution in [0.4, 0.5) is 4.39 Å². The van der Waals surface area contributed by atoms with Gasteiger partial charge in [-0.15, -0.1) is 5.10 Å². The monoisotopic (exact) mass is 353 g/mol. The fraction of sp³-hybridized carbons (Fsp3) is 0.211. The van der Waals surface area contributed by atoms with Gasteiger partial charge < -0.3 is 0 Å². The quantitative estimate of drug-likeness (QED) is 0.697. The van der Waals surface area contributed by atoms with Crippen molar-refractivity contribution < 1.29 is 4.39 Å². The maximum atomic E-state index is 14.2. The number of rotatable bonds is 4. The number of pyridine rings is 2. The average Bonchev–Trinajstić information content (AvgIpc) is 2.60. The summed E-state index contributed by atoms with van der Waals surface area (Å²) >= 11 is 6.15. The molecular weight excluding hydrogens is 339 g/mol. The minimum Gasteiger partial charge on any atom is -0.258 e. The predicted molar refractivity (Wildman–Crippen MR) is 93.4 cm³/mol. The third-order valence-electron chi connectivity index (χ3n) is 4.59. The Bertz CT molecular complexity index is 894. The van der Waals surface area contributed by atoms with Crippen molar-refractivity contribution >= 4 is 11.6 Å². The second kappa shape index (κ2) is 6.48. The third-order valence-corrected chi connectivity index (χ3v) is 4.89. The third kappa shape index (κ3) is 3.00. The lowest BCUT2D eigenvalue weighted by Gasteiger charge is -2.41. The van der Waals surface area contributed by atoms with Crippen molar-refractivity contribution in [3.8, 4) is 11.4 Å². The fourth-order valence-electron chi connectivity index (χ4n) is 3.16. The molecule has 3 heterocycles. The molecule has 3 aromatic rings. The topological polar surface area (TPSA) is 51.6 Å². The molecule has 0 amide bonds. The maximum Gasteiger partial charge on any atom is 0.145 e. The Morgan fingerprint density at radius 3 is 2.44 bits per heavy atom. The van der Waals surface area contributed by atoms with E-state index in [0.29, 0.717) is 27.8 Å². The van der Waals surface area contributed by atoms with Crippen molar-refractivity contribution in [3.63, 3.8) is 0 Å². The zero-order chi connectivity index (χ0) is 17.3. The Balaban J connectivity index is 1.61. The van der Waals surface area contributed by atoms with Gasteiger partial charge in [0.05, 0.1) is 16.4 Å². The van der Waals surface area contributed by atoms with Crippen LogP contribution in [0.3, 0.4) is 0 Å². The van der Waals surface area contributed by atoms with Gasteiger partial charge in [0.1, 0.15) is 17.2 Å². The first kappa shape index (κ1) is 16.1. The Morgan fingerprint density at radius 1 is 1.00 bits per heavy atom. The zero-order valence-electron chi connectivity index (χ0n) is 13.4. The summed E-state index contributed by atoms with van der Waals surface area (Å²) in [7, 11) is 0. The van der Waals surface area contributed by atoms with E-state index in [0.717, 1.165) is 19.3 Å². The smallest absolute Gasteiger partial charge is 0.145 e. The van der Waals surface area contributed by atoms with Gasteiger partial charge in [-0.05, 0) is 49.2 Å². The van der Waals surface area contributed by atoms with Gasteiger partial charge in [0.2, 0.25) is 0 Å². The van der Waals surface area contributed by atoms with Crippen LogP contribution < -0.4 is 0 Å². The van der Waals surface area contributed by atoms with Gasteiger partial charge >= 0.3 is 0 Å². The van der Waals surface area contributed by atoms with Crippen LogP contribution in [0.2, 0.25) is 5.02 Å². The molecule has 0 unspecified atom stereocenters. The number of nitrogens with zero attached hydrogens (tertiary/aromatic N) is 4. The highest BCUT2D eigenvalue weighted by Gasteiger charge is 2.42. The average molecular weight is 354 g/mol. The number of halogens is 2. The van der Waals surface area contributed by atoms with Gasteiger partial charge in [-0.25, -0.2) is 4.39 Å². The number of hydrogen-bond donors (Lipinski definition) is 0. The summed E-state index contributed by atoms with van der Waals surface area (Å²) in [4.78, 5) is 8.50. The van der Waals surface area contributed by atoms with Crippen LogP contribution in [0.15, 0.2) is 48.8 Å². The molecule has 25 heavy (non-hydrogen) atoms. The van der Waals surface area contributed by atoms with E-state index in [4.69, 9.17) is 11.6 Å². The number of aromatic nitrogens is 4. The van der Waals surface area contributed by atoms with Crippen LogP contribution in [-0.2, 0) is 5.41 Å². The summed E-state index contributed by atoms with van der Waals surface area (Å²) in [5.41, 5.74) is 1.98. The van der Waals surface area contributed by atoms with E-state index in [1.165, 1.54) is 6.07 Å². The zero-order valence-corrected chi connectivity index (χ0v) is 14.1.